The van der Waals surface area contributed by atoms with Crippen molar-refractivity contribution in [2.75, 3.05) is 18.4 Å². The van der Waals surface area contributed by atoms with Crippen molar-refractivity contribution in [1.29, 1.82) is 0 Å². The van der Waals surface area contributed by atoms with Gasteiger partial charge in [0, 0.05) is 18.8 Å². The monoisotopic (exact) mass is 239 g/mol. The van der Waals surface area contributed by atoms with Gasteiger partial charge in [0.05, 0.1) is 0 Å². The largest absolute Gasteiger partial charge is 0.347 e. The highest BCUT2D eigenvalue weighted by Gasteiger charge is 2.12. The fraction of sp³-hybridized carbons (Fsp3) is 0.273. The number of nitrogens with one attached hydrogen (secondary N) is 2. The summed E-state index contributed by atoms with van der Waals surface area (Å²) in [6.45, 7) is 2.06. The maximum absolute atomic E-state index is 13.0. The molecule has 0 spiro atoms. The van der Waals surface area contributed by atoms with Crippen LogP contribution >= 0.6 is 0 Å². The second-order valence-electron chi connectivity index (χ2n) is 3.46. The van der Waals surface area contributed by atoms with Gasteiger partial charge in [-0.3, -0.25) is 9.59 Å². The van der Waals surface area contributed by atoms with Gasteiger partial charge in [0.25, 0.3) is 0 Å². The molecule has 0 aliphatic heterocycles. The third-order valence-electron chi connectivity index (χ3n) is 2.05. The SMILES string of the molecule is Cc1cc(NC(=O)C(=O)NCCN)ccc1F. The Morgan fingerprint density at radius 1 is 1.35 bits per heavy atom. The van der Waals surface area contributed by atoms with Crippen LogP contribution in [0.15, 0.2) is 18.2 Å². The van der Waals surface area contributed by atoms with E-state index < -0.39 is 11.8 Å². The number of hydrogen-bond acceptors (Lipinski definition) is 3. The fourth-order valence-corrected chi connectivity index (χ4v) is 1.18. The topological polar surface area (TPSA) is 84.2 Å². The van der Waals surface area contributed by atoms with Gasteiger partial charge < -0.3 is 16.4 Å². The Morgan fingerprint density at radius 2 is 2.06 bits per heavy atom. The maximum atomic E-state index is 13.0. The second-order valence-corrected chi connectivity index (χ2v) is 3.46. The van der Waals surface area contributed by atoms with E-state index in [-0.39, 0.29) is 18.9 Å². The van der Waals surface area contributed by atoms with Crippen molar-refractivity contribution >= 4 is 17.5 Å². The van der Waals surface area contributed by atoms with E-state index in [1.54, 1.807) is 6.92 Å². The number of carbonyl (C=O) groups is 2. The molecule has 0 radical (unpaired) electrons. The van der Waals surface area contributed by atoms with E-state index in [1.165, 1.54) is 18.2 Å². The molecule has 6 heteroatoms. The number of rotatable bonds is 3. The molecule has 0 bridgehead atoms. The van der Waals surface area contributed by atoms with Crippen LogP contribution in [-0.4, -0.2) is 24.9 Å². The number of aryl methyl sites for hydroxylation is 1. The van der Waals surface area contributed by atoms with Gasteiger partial charge in [-0.2, -0.15) is 0 Å². The van der Waals surface area contributed by atoms with Crippen LogP contribution in [0.3, 0.4) is 0 Å². The van der Waals surface area contributed by atoms with Crippen LogP contribution in [0.25, 0.3) is 0 Å². The molecule has 5 nitrogen and oxygen atoms in total. The number of benzene rings is 1. The van der Waals surface area contributed by atoms with Crippen LogP contribution < -0.4 is 16.4 Å². The summed E-state index contributed by atoms with van der Waals surface area (Å²) in [7, 11) is 0. The molecule has 2 amide bonds. The highest BCUT2D eigenvalue weighted by atomic mass is 19.1. The minimum Gasteiger partial charge on any atom is -0.347 e. The Kier molecular flexibility index (Phi) is 4.59. The van der Waals surface area contributed by atoms with Crippen molar-refractivity contribution in [3.63, 3.8) is 0 Å². The van der Waals surface area contributed by atoms with E-state index in [0.717, 1.165) is 0 Å². The molecule has 0 heterocycles. The summed E-state index contributed by atoms with van der Waals surface area (Å²) in [6.07, 6.45) is 0. The summed E-state index contributed by atoms with van der Waals surface area (Å²) >= 11 is 0. The summed E-state index contributed by atoms with van der Waals surface area (Å²) in [6, 6.07) is 4.06. The molecule has 0 atom stereocenters. The molecule has 0 aliphatic rings. The number of anilines is 1. The van der Waals surface area contributed by atoms with E-state index in [1.807, 2.05) is 0 Å². The number of carbonyl (C=O) groups excluding carboxylic acids is 2. The highest BCUT2D eigenvalue weighted by Crippen LogP contribution is 2.13. The van der Waals surface area contributed by atoms with Gasteiger partial charge in [-0.15, -0.1) is 0 Å². The zero-order chi connectivity index (χ0) is 12.8. The number of nitrogens with two attached hydrogens (primary N) is 1. The van der Waals surface area contributed by atoms with Gasteiger partial charge in [-0.05, 0) is 30.7 Å². The predicted molar refractivity (Wildman–Crippen MR) is 61.8 cm³/mol. The molecular weight excluding hydrogens is 225 g/mol. The average Bonchev–Trinajstić information content (AvgIpc) is 2.30. The zero-order valence-corrected chi connectivity index (χ0v) is 9.42. The minimum atomic E-state index is -0.801. The molecule has 1 aromatic carbocycles. The first-order valence-corrected chi connectivity index (χ1v) is 5.10. The lowest BCUT2D eigenvalue weighted by molar-refractivity contribution is -0.136. The van der Waals surface area contributed by atoms with Crippen molar-refractivity contribution in [2.45, 2.75) is 6.92 Å². The third-order valence-corrected chi connectivity index (χ3v) is 2.05. The highest BCUT2D eigenvalue weighted by molar-refractivity contribution is 6.39. The smallest absolute Gasteiger partial charge is 0.313 e. The van der Waals surface area contributed by atoms with Crippen LogP contribution in [0, 0.1) is 12.7 Å². The molecule has 1 rings (SSSR count). The Hall–Kier alpha value is -1.95. The quantitative estimate of drug-likeness (QED) is 0.656. The molecular formula is C11H14FN3O2. The number of hydrogen-bond donors (Lipinski definition) is 3. The van der Waals surface area contributed by atoms with Crippen molar-refractivity contribution in [2.24, 2.45) is 5.73 Å². The molecule has 4 N–H and O–H groups in total. The Labute approximate surface area is 98.2 Å². The summed E-state index contributed by atoms with van der Waals surface area (Å²) in [4.78, 5) is 22.6. The Morgan fingerprint density at radius 3 is 2.65 bits per heavy atom. The van der Waals surface area contributed by atoms with Gasteiger partial charge in [0.2, 0.25) is 0 Å². The van der Waals surface area contributed by atoms with E-state index in [0.29, 0.717) is 11.3 Å². The first kappa shape index (κ1) is 13.1. The average molecular weight is 239 g/mol. The predicted octanol–water partition coefficient (Wildman–Crippen LogP) is 0.148. The van der Waals surface area contributed by atoms with Gasteiger partial charge in [0.1, 0.15) is 5.82 Å². The fourth-order valence-electron chi connectivity index (χ4n) is 1.18. The molecule has 92 valence electrons. The molecule has 0 saturated heterocycles. The molecule has 0 aromatic heterocycles. The molecule has 0 fully saturated rings. The molecule has 1 aromatic rings. The van der Waals surface area contributed by atoms with E-state index in [2.05, 4.69) is 10.6 Å². The number of halogens is 1. The van der Waals surface area contributed by atoms with E-state index >= 15 is 0 Å². The lowest BCUT2D eigenvalue weighted by Crippen LogP contribution is -2.37. The summed E-state index contributed by atoms with van der Waals surface area (Å²) in [5, 5.41) is 4.69. The van der Waals surface area contributed by atoms with Crippen molar-refractivity contribution in [3.8, 4) is 0 Å². The maximum Gasteiger partial charge on any atom is 0.313 e. The van der Waals surface area contributed by atoms with Crippen molar-refractivity contribution < 1.29 is 14.0 Å². The second kappa shape index (κ2) is 5.95. The van der Waals surface area contributed by atoms with Gasteiger partial charge in [-0.25, -0.2) is 4.39 Å². The summed E-state index contributed by atoms with van der Waals surface area (Å²) < 4.78 is 13.0. The van der Waals surface area contributed by atoms with Gasteiger partial charge in [-0.1, -0.05) is 0 Å². The Balaban J connectivity index is 2.61. The van der Waals surface area contributed by atoms with Crippen molar-refractivity contribution in [3.05, 3.63) is 29.6 Å². The molecule has 0 unspecified atom stereocenters. The van der Waals surface area contributed by atoms with E-state index in [9.17, 15) is 14.0 Å². The first-order chi connectivity index (χ1) is 8.04. The third kappa shape index (κ3) is 3.84. The number of amides is 2. The minimum absolute atomic E-state index is 0.231. The molecule has 17 heavy (non-hydrogen) atoms. The molecule has 0 saturated carbocycles. The van der Waals surface area contributed by atoms with Crippen LogP contribution in [0.5, 0.6) is 0 Å². The normalized spacial score (nSPS) is 9.82. The summed E-state index contributed by atoms with van der Waals surface area (Å²) in [5.41, 5.74) is 5.94. The van der Waals surface area contributed by atoms with Crippen LogP contribution in [-0.2, 0) is 9.59 Å². The first-order valence-electron chi connectivity index (χ1n) is 5.10. The summed E-state index contributed by atoms with van der Waals surface area (Å²) in [5.74, 6) is -1.93. The lowest BCUT2D eigenvalue weighted by Gasteiger charge is -2.06. The zero-order valence-electron chi connectivity index (χ0n) is 9.42. The van der Waals surface area contributed by atoms with Crippen LogP contribution in [0.1, 0.15) is 5.56 Å². The Bertz CT molecular complexity index is 435. The van der Waals surface area contributed by atoms with Gasteiger partial charge in [0.15, 0.2) is 0 Å². The van der Waals surface area contributed by atoms with Crippen LogP contribution in [0.2, 0.25) is 0 Å². The standard InChI is InChI=1S/C11H14FN3O2/c1-7-6-8(2-3-9(7)12)15-11(17)10(16)14-5-4-13/h2-3,6H,4-5,13H2,1H3,(H,14,16)(H,15,17). The van der Waals surface area contributed by atoms with Crippen molar-refractivity contribution in [1.82, 2.24) is 5.32 Å². The van der Waals surface area contributed by atoms with E-state index in [4.69, 9.17) is 5.73 Å². The molecule has 0 aliphatic carbocycles. The van der Waals surface area contributed by atoms with Gasteiger partial charge >= 0.3 is 11.8 Å². The van der Waals surface area contributed by atoms with Crippen LogP contribution in [0.4, 0.5) is 10.1 Å². The lowest BCUT2D eigenvalue weighted by atomic mass is 10.2.